The molecule has 1 atom stereocenters. The van der Waals surface area contributed by atoms with Gasteiger partial charge in [-0.25, -0.2) is 14.2 Å². The number of thiophene rings is 1. The Balaban J connectivity index is 0.00000205. The molecule has 152 valence electrons. The molecule has 9 heteroatoms. The largest absolute Gasteiger partial charge is 0.477 e. The third-order valence-corrected chi connectivity index (χ3v) is 6.82. The second-order valence-corrected chi connectivity index (χ2v) is 8.59. The lowest BCUT2D eigenvalue weighted by Gasteiger charge is -2.17. The van der Waals surface area contributed by atoms with Gasteiger partial charge in [-0.2, -0.15) is 0 Å². The molecule has 1 fully saturated rings. The van der Waals surface area contributed by atoms with E-state index in [1.807, 2.05) is 6.07 Å². The Bertz CT molecular complexity index is 1200. The molecule has 0 saturated heterocycles. The van der Waals surface area contributed by atoms with Crippen LogP contribution in [0.15, 0.2) is 23.1 Å². The summed E-state index contributed by atoms with van der Waals surface area (Å²) in [5.74, 6) is -1.94. The first kappa shape index (κ1) is 20.0. The molecule has 2 aliphatic carbocycles. The molecule has 0 amide bonds. The Labute approximate surface area is 175 Å². The zero-order valence-electron chi connectivity index (χ0n) is 15.4. The van der Waals surface area contributed by atoms with Crippen LogP contribution in [-0.2, 0) is 6.42 Å². The van der Waals surface area contributed by atoms with Crippen LogP contribution < -0.4 is 11.2 Å². The van der Waals surface area contributed by atoms with Crippen molar-refractivity contribution in [1.29, 1.82) is 0 Å². The fourth-order valence-corrected chi connectivity index (χ4v) is 5.15. The number of halogens is 2. The van der Waals surface area contributed by atoms with E-state index in [1.165, 1.54) is 17.5 Å². The summed E-state index contributed by atoms with van der Waals surface area (Å²) < 4.78 is 16.7. The second-order valence-electron chi connectivity index (χ2n) is 7.50. The molecule has 2 aliphatic rings. The molecule has 5 rings (SSSR count). The number of carboxylic acids is 1. The molecule has 3 aromatic heterocycles. The van der Waals surface area contributed by atoms with E-state index in [0.717, 1.165) is 48.6 Å². The van der Waals surface area contributed by atoms with Gasteiger partial charge in [0.15, 0.2) is 5.82 Å². The number of carboxylic acid groups (broad SMARTS) is 1. The van der Waals surface area contributed by atoms with Crippen molar-refractivity contribution in [3.8, 4) is 10.6 Å². The molecule has 3 aromatic rings. The van der Waals surface area contributed by atoms with E-state index in [9.17, 15) is 19.1 Å². The molecule has 0 spiro atoms. The summed E-state index contributed by atoms with van der Waals surface area (Å²) in [6, 6.07) is 3.14. The number of carbonyl (C=O) groups is 1. The summed E-state index contributed by atoms with van der Waals surface area (Å²) in [5, 5.41) is 9.34. The quantitative estimate of drug-likeness (QED) is 0.646. The summed E-state index contributed by atoms with van der Waals surface area (Å²) in [7, 11) is 0. The Morgan fingerprint density at radius 1 is 1.31 bits per heavy atom. The van der Waals surface area contributed by atoms with E-state index >= 15 is 0 Å². The maximum Gasteiger partial charge on any atom is 0.341 e. The standard InChI is InChI=1S/C20H18FN3O3S.ClH/c21-13-7-11-17(25)12(20(26)27)8-24(10-4-5-10)19(11)23-16(13)15-6-9-2-1-3-14(22)18(9)28-15;/h6-8,10,14H,1-5,22H2,(H,26,27);1H. The number of aromatic carboxylic acids is 1. The minimum atomic E-state index is -1.31. The molecule has 6 nitrogen and oxygen atoms in total. The molecule has 29 heavy (non-hydrogen) atoms. The number of aryl methyl sites for hydroxylation is 1. The third kappa shape index (κ3) is 3.25. The van der Waals surface area contributed by atoms with Crippen molar-refractivity contribution in [2.75, 3.05) is 0 Å². The third-order valence-electron chi connectivity index (χ3n) is 5.50. The average Bonchev–Trinajstić information content (AvgIpc) is 3.40. The van der Waals surface area contributed by atoms with Crippen molar-refractivity contribution in [1.82, 2.24) is 9.55 Å². The normalized spacial score (nSPS) is 18.3. The fourth-order valence-electron chi connectivity index (χ4n) is 3.92. The molecule has 3 N–H and O–H groups in total. The van der Waals surface area contributed by atoms with Crippen LogP contribution >= 0.6 is 23.7 Å². The summed E-state index contributed by atoms with van der Waals surface area (Å²) in [6.45, 7) is 0. The summed E-state index contributed by atoms with van der Waals surface area (Å²) in [6.07, 6.45) is 5.95. The summed E-state index contributed by atoms with van der Waals surface area (Å²) in [4.78, 5) is 30.3. The Kier molecular flexibility index (Phi) is 4.96. The monoisotopic (exact) mass is 435 g/mol. The number of fused-ring (bicyclic) bond motifs is 2. The van der Waals surface area contributed by atoms with Crippen LogP contribution in [0, 0.1) is 5.82 Å². The van der Waals surface area contributed by atoms with Gasteiger partial charge < -0.3 is 15.4 Å². The highest BCUT2D eigenvalue weighted by molar-refractivity contribution is 7.15. The van der Waals surface area contributed by atoms with Crippen molar-refractivity contribution in [3.63, 3.8) is 0 Å². The SMILES string of the molecule is Cl.NC1CCCc2cc(-c3nc4c(cc3F)c(=O)c(C(=O)O)cn4C3CC3)sc21. The minimum absolute atomic E-state index is 0. The van der Waals surface area contributed by atoms with Crippen molar-refractivity contribution in [3.05, 3.63) is 50.4 Å². The van der Waals surface area contributed by atoms with Gasteiger partial charge >= 0.3 is 5.97 Å². The fraction of sp³-hybridized carbons (Fsp3) is 0.350. The summed E-state index contributed by atoms with van der Waals surface area (Å²) in [5.41, 5.74) is 6.81. The molecule has 0 aromatic carbocycles. The molecule has 3 heterocycles. The van der Waals surface area contributed by atoms with Crippen LogP contribution in [0.3, 0.4) is 0 Å². The zero-order valence-corrected chi connectivity index (χ0v) is 17.0. The number of hydrogen-bond donors (Lipinski definition) is 2. The van der Waals surface area contributed by atoms with Crippen molar-refractivity contribution >= 4 is 40.7 Å². The maximum atomic E-state index is 14.9. The molecule has 1 saturated carbocycles. The topological polar surface area (TPSA) is 98.2 Å². The highest BCUT2D eigenvalue weighted by atomic mass is 35.5. The Morgan fingerprint density at radius 2 is 2.07 bits per heavy atom. The van der Waals surface area contributed by atoms with Gasteiger partial charge in [0.25, 0.3) is 0 Å². The van der Waals surface area contributed by atoms with Crippen LogP contribution in [0.4, 0.5) is 4.39 Å². The molecule has 0 bridgehead atoms. The second kappa shape index (κ2) is 7.19. The predicted octanol–water partition coefficient (Wildman–Crippen LogP) is 4.06. The van der Waals surface area contributed by atoms with Crippen LogP contribution in [0.1, 0.15) is 58.6 Å². The first-order valence-electron chi connectivity index (χ1n) is 9.31. The van der Waals surface area contributed by atoms with E-state index in [1.54, 1.807) is 4.57 Å². The number of pyridine rings is 2. The van der Waals surface area contributed by atoms with Crippen LogP contribution in [0.25, 0.3) is 21.6 Å². The van der Waals surface area contributed by atoms with Gasteiger partial charge in [0.1, 0.15) is 16.9 Å². The van der Waals surface area contributed by atoms with Crippen molar-refractivity contribution in [2.24, 2.45) is 5.73 Å². The van der Waals surface area contributed by atoms with Gasteiger partial charge in [-0.15, -0.1) is 23.7 Å². The lowest BCUT2D eigenvalue weighted by molar-refractivity contribution is 0.0695. The van der Waals surface area contributed by atoms with E-state index in [4.69, 9.17) is 5.73 Å². The molecule has 0 aliphatic heterocycles. The van der Waals surface area contributed by atoms with Gasteiger partial charge in [-0.3, -0.25) is 4.79 Å². The van der Waals surface area contributed by atoms with E-state index < -0.39 is 17.2 Å². The Hall–Kier alpha value is -2.29. The molecule has 0 radical (unpaired) electrons. The van der Waals surface area contributed by atoms with E-state index in [2.05, 4.69) is 4.98 Å². The number of nitrogens with zero attached hydrogens (tertiary/aromatic N) is 2. The van der Waals surface area contributed by atoms with Gasteiger partial charge in [0.2, 0.25) is 5.43 Å². The minimum Gasteiger partial charge on any atom is -0.477 e. The smallest absolute Gasteiger partial charge is 0.341 e. The summed E-state index contributed by atoms with van der Waals surface area (Å²) >= 11 is 1.45. The maximum absolute atomic E-state index is 14.9. The first-order valence-corrected chi connectivity index (χ1v) is 10.1. The van der Waals surface area contributed by atoms with Crippen molar-refractivity contribution in [2.45, 2.75) is 44.2 Å². The van der Waals surface area contributed by atoms with Gasteiger partial charge in [0, 0.05) is 23.2 Å². The lowest BCUT2D eigenvalue weighted by atomic mass is 9.95. The number of nitrogens with two attached hydrogens (primary N) is 1. The zero-order chi connectivity index (χ0) is 19.6. The number of hydrogen-bond acceptors (Lipinski definition) is 5. The van der Waals surface area contributed by atoms with E-state index in [0.29, 0.717) is 10.5 Å². The highest BCUT2D eigenvalue weighted by Crippen LogP contribution is 2.41. The lowest BCUT2D eigenvalue weighted by Crippen LogP contribution is -2.19. The van der Waals surface area contributed by atoms with E-state index in [-0.39, 0.29) is 41.1 Å². The predicted molar refractivity (Wildman–Crippen MR) is 112 cm³/mol. The molecular weight excluding hydrogens is 417 g/mol. The van der Waals surface area contributed by atoms with Gasteiger partial charge in [-0.05, 0) is 49.8 Å². The highest BCUT2D eigenvalue weighted by Gasteiger charge is 2.29. The van der Waals surface area contributed by atoms with Crippen LogP contribution in [0.2, 0.25) is 0 Å². The average molecular weight is 436 g/mol. The number of aromatic nitrogens is 2. The van der Waals surface area contributed by atoms with Crippen LogP contribution in [0.5, 0.6) is 0 Å². The van der Waals surface area contributed by atoms with Gasteiger partial charge in [-0.1, -0.05) is 0 Å². The first-order chi connectivity index (χ1) is 13.4. The number of rotatable bonds is 3. The van der Waals surface area contributed by atoms with Crippen molar-refractivity contribution < 1.29 is 14.3 Å². The van der Waals surface area contributed by atoms with Crippen LogP contribution in [-0.4, -0.2) is 20.6 Å². The van der Waals surface area contributed by atoms with Gasteiger partial charge in [0.05, 0.1) is 10.3 Å². The molecule has 1 unspecified atom stereocenters. The molecular formula is C20H19ClFN3O3S. The Morgan fingerprint density at radius 3 is 2.72 bits per heavy atom.